The van der Waals surface area contributed by atoms with E-state index in [1.807, 2.05) is 0 Å². The van der Waals surface area contributed by atoms with Crippen molar-refractivity contribution in [1.29, 1.82) is 0 Å². The van der Waals surface area contributed by atoms with Gasteiger partial charge in [-0.3, -0.25) is 4.79 Å². The van der Waals surface area contributed by atoms with Crippen molar-refractivity contribution in [3.05, 3.63) is 53.6 Å². The second-order valence-electron chi connectivity index (χ2n) is 7.04. The minimum Gasteiger partial charge on any atom is -0.493 e. The van der Waals surface area contributed by atoms with Crippen LogP contribution >= 0.6 is 0 Å². The van der Waals surface area contributed by atoms with Crippen LogP contribution in [-0.2, 0) is 21.3 Å². The standard InChI is InChI=1S/C21H24F2N2O6S/c1-24(14-15-7-8-17(29-2)18(13-15)31-21(22)23)20(26)16-5-3-4-6-19(16)32(27,28)25-9-11-30-12-10-25/h3-8,13,21H,9-12,14H2,1-2H3. The Morgan fingerprint density at radius 3 is 2.50 bits per heavy atom. The van der Waals surface area contributed by atoms with E-state index in [-0.39, 0.29) is 54.8 Å². The molecule has 0 radical (unpaired) electrons. The van der Waals surface area contributed by atoms with Gasteiger partial charge in [-0.05, 0) is 29.8 Å². The van der Waals surface area contributed by atoms with E-state index in [9.17, 15) is 22.0 Å². The molecule has 0 bridgehead atoms. The number of hydrogen-bond acceptors (Lipinski definition) is 6. The minimum atomic E-state index is -3.89. The smallest absolute Gasteiger partial charge is 0.387 e. The van der Waals surface area contributed by atoms with Gasteiger partial charge in [0.25, 0.3) is 5.91 Å². The van der Waals surface area contributed by atoms with Crippen molar-refractivity contribution >= 4 is 15.9 Å². The van der Waals surface area contributed by atoms with E-state index in [4.69, 9.17) is 9.47 Å². The minimum absolute atomic E-state index is 0.0269. The van der Waals surface area contributed by atoms with Crippen LogP contribution in [0.4, 0.5) is 8.78 Å². The highest BCUT2D eigenvalue weighted by molar-refractivity contribution is 7.89. The van der Waals surface area contributed by atoms with Crippen molar-refractivity contribution < 1.29 is 36.2 Å². The summed E-state index contributed by atoms with van der Waals surface area (Å²) in [6.45, 7) is -2.01. The summed E-state index contributed by atoms with van der Waals surface area (Å²) in [6.07, 6.45) is 0. The molecule has 174 valence electrons. The van der Waals surface area contributed by atoms with Gasteiger partial charge in [0, 0.05) is 26.7 Å². The van der Waals surface area contributed by atoms with Crippen LogP contribution in [0.25, 0.3) is 0 Å². The zero-order valence-corrected chi connectivity index (χ0v) is 18.5. The Morgan fingerprint density at radius 1 is 1.16 bits per heavy atom. The van der Waals surface area contributed by atoms with Crippen molar-refractivity contribution in [2.24, 2.45) is 0 Å². The van der Waals surface area contributed by atoms with E-state index in [1.165, 1.54) is 47.6 Å². The number of hydrogen-bond donors (Lipinski definition) is 0. The van der Waals surface area contributed by atoms with Gasteiger partial charge >= 0.3 is 6.61 Å². The third kappa shape index (κ3) is 5.34. The zero-order valence-electron chi connectivity index (χ0n) is 17.7. The molecule has 0 aliphatic carbocycles. The predicted octanol–water partition coefficient (Wildman–Crippen LogP) is 2.59. The molecule has 1 amide bonds. The van der Waals surface area contributed by atoms with Crippen molar-refractivity contribution in [3.8, 4) is 11.5 Å². The molecule has 1 heterocycles. The number of sulfonamides is 1. The molecule has 1 saturated heterocycles. The molecule has 2 aromatic rings. The van der Waals surface area contributed by atoms with E-state index in [0.29, 0.717) is 5.56 Å². The van der Waals surface area contributed by atoms with Gasteiger partial charge in [0.15, 0.2) is 11.5 Å². The molecule has 0 spiro atoms. The molecule has 8 nitrogen and oxygen atoms in total. The molecule has 3 rings (SSSR count). The number of ether oxygens (including phenoxy) is 3. The number of carbonyl (C=O) groups excluding carboxylic acids is 1. The van der Waals surface area contributed by atoms with Crippen LogP contribution in [0.15, 0.2) is 47.4 Å². The first-order chi connectivity index (χ1) is 15.2. The fourth-order valence-corrected chi connectivity index (χ4v) is 4.94. The Kier molecular flexibility index (Phi) is 7.64. The number of carbonyl (C=O) groups is 1. The summed E-state index contributed by atoms with van der Waals surface area (Å²) in [5.41, 5.74) is 0.532. The highest BCUT2D eigenvalue weighted by atomic mass is 32.2. The second-order valence-corrected chi connectivity index (χ2v) is 8.94. The number of rotatable bonds is 8. The number of morpholine rings is 1. The number of halogens is 2. The maximum absolute atomic E-state index is 13.1. The molecule has 0 aromatic heterocycles. The summed E-state index contributed by atoms with van der Waals surface area (Å²) in [5, 5.41) is 0. The maximum atomic E-state index is 13.1. The van der Waals surface area contributed by atoms with E-state index >= 15 is 0 Å². The number of nitrogens with zero attached hydrogens (tertiary/aromatic N) is 2. The highest BCUT2D eigenvalue weighted by Crippen LogP contribution is 2.30. The Balaban J connectivity index is 1.84. The SMILES string of the molecule is COc1ccc(CN(C)C(=O)c2ccccc2S(=O)(=O)N2CCOCC2)cc1OC(F)F. The van der Waals surface area contributed by atoms with Crippen LogP contribution in [0.1, 0.15) is 15.9 Å². The van der Waals surface area contributed by atoms with Crippen LogP contribution in [0.3, 0.4) is 0 Å². The summed E-state index contributed by atoms with van der Waals surface area (Å²) < 4.78 is 67.6. The fraction of sp³-hybridized carbons (Fsp3) is 0.381. The molecule has 1 fully saturated rings. The average Bonchev–Trinajstić information content (AvgIpc) is 2.79. The van der Waals surface area contributed by atoms with Crippen molar-refractivity contribution in [3.63, 3.8) is 0 Å². The molecule has 0 atom stereocenters. The van der Waals surface area contributed by atoms with Crippen LogP contribution in [0, 0.1) is 0 Å². The summed E-state index contributed by atoms with van der Waals surface area (Å²) in [4.78, 5) is 14.3. The maximum Gasteiger partial charge on any atom is 0.387 e. The lowest BCUT2D eigenvalue weighted by Crippen LogP contribution is -2.41. The molecule has 0 N–H and O–H groups in total. The molecule has 2 aromatic carbocycles. The predicted molar refractivity (Wildman–Crippen MR) is 111 cm³/mol. The Morgan fingerprint density at radius 2 is 1.84 bits per heavy atom. The largest absolute Gasteiger partial charge is 0.493 e. The molecule has 11 heteroatoms. The molecule has 32 heavy (non-hydrogen) atoms. The summed E-state index contributed by atoms with van der Waals surface area (Å²) in [7, 11) is -1.06. The normalized spacial score (nSPS) is 14.9. The fourth-order valence-electron chi connectivity index (χ4n) is 3.35. The summed E-state index contributed by atoms with van der Waals surface area (Å²) in [6, 6.07) is 10.4. The number of benzene rings is 2. The van der Waals surface area contributed by atoms with Gasteiger partial charge in [-0.25, -0.2) is 8.42 Å². The van der Waals surface area contributed by atoms with Gasteiger partial charge in [0.1, 0.15) is 0 Å². The number of alkyl halides is 2. The molecule has 0 saturated carbocycles. The molecule has 0 unspecified atom stereocenters. The lowest BCUT2D eigenvalue weighted by Gasteiger charge is -2.27. The van der Waals surface area contributed by atoms with Gasteiger partial charge in [0.05, 0.1) is 30.8 Å². The van der Waals surface area contributed by atoms with Crippen molar-refractivity contribution in [2.75, 3.05) is 40.5 Å². The lowest BCUT2D eigenvalue weighted by atomic mass is 10.1. The molecule has 1 aliphatic heterocycles. The highest BCUT2D eigenvalue weighted by Gasteiger charge is 2.31. The number of methoxy groups -OCH3 is 1. The second kappa shape index (κ2) is 10.2. The number of amides is 1. The van der Waals surface area contributed by atoms with Gasteiger partial charge in [-0.2, -0.15) is 13.1 Å². The van der Waals surface area contributed by atoms with Crippen molar-refractivity contribution in [2.45, 2.75) is 18.1 Å². The van der Waals surface area contributed by atoms with Crippen LogP contribution in [-0.4, -0.2) is 70.6 Å². The van der Waals surface area contributed by atoms with Crippen LogP contribution in [0.2, 0.25) is 0 Å². The summed E-state index contributed by atoms with van der Waals surface area (Å²) in [5.74, 6) is -0.550. The topological polar surface area (TPSA) is 85.4 Å². The molecule has 1 aliphatic rings. The van der Waals surface area contributed by atoms with Crippen molar-refractivity contribution in [1.82, 2.24) is 9.21 Å². The summed E-state index contributed by atoms with van der Waals surface area (Å²) >= 11 is 0. The van der Waals surface area contributed by atoms with Crippen LogP contribution in [0.5, 0.6) is 11.5 Å². The van der Waals surface area contributed by atoms with E-state index in [0.717, 1.165) is 0 Å². The van der Waals surface area contributed by atoms with Gasteiger partial charge in [0.2, 0.25) is 10.0 Å². The molecular weight excluding hydrogens is 446 g/mol. The van der Waals surface area contributed by atoms with E-state index < -0.39 is 22.5 Å². The van der Waals surface area contributed by atoms with Gasteiger partial charge in [-0.1, -0.05) is 18.2 Å². The van der Waals surface area contributed by atoms with E-state index in [2.05, 4.69) is 4.74 Å². The Labute approximate surface area is 185 Å². The van der Waals surface area contributed by atoms with Gasteiger partial charge < -0.3 is 19.1 Å². The average molecular weight is 470 g/mol. The first-order valence-electron chi connectivity index (χ1n) is 9.78. The third-order valence-electron chi connectivity index (χ3n) is 4.92. The third-order valence-corrected chi connectivity index (χ3v) is 6.87. The lowest BCUT2D eigenvalue weighted by molar-refractivity contribution is -0.0512. The van der Waals surface area contributed by atoms with Crippen LogP contribution < -0.4 is 9.47 Å². The quantitative estimate of drug-likeness (QED) is 0.590. The Bertz CT molecular complexity index is 1060. The first kappa shape index (κ1) is 23.9. The van der Waals surface area contributed by atoms with Gasteiger partial charge in [-0.15, -0.1) is 0 Å². The first-order valence-corrected chi connectivity index (χ1v) is 11.2. The zero-order chi connectivity index (χ0) is 23.3. The monoisotopic (exact) mass is 470 g/mol. The Hall–Kier alpha value is -2.76. The van der Waals surface area contributed by atoms with E-state index in [1.54, 1.807) is 18.2 Å². The molecular formula is C21H24F2N2O6S.